The third-order valence-electron chi connectivity index (χ3n) is 5.33. The van der Waals surface area contributed by atoms with Crippen LogP contribution < -0.4 is 0 Å². The average Bonchev–Trinajstić information content (AvgIpc) is 2.55. The summed E-state index contributed by atoms with van der Waals surface area (Å²) in [5.74, 6) is 0.199. The quantitative estimate of drug-likeness (QED) is 0.439. The highest BCUT2D eigenvalue weighted by Crippen LogP contribution is 2.47. The first-order valence-corrected chi connectivity index (χ1v) is 9.34. The van der Waals surface area contributed by atoms with Crippen molar-refractivity contribution >= 4 is 11.7 Å². The molecule has 0 radical (unpaired) electrons. The lowest BCUT2D eigenvalue weighted by molar-refractivity contribution is -0.171. The van der Waals surface area contributed by atoms with Crippen molar-refractivity contribution in [2.45, 2.75) is 78.2 Å². The Hall–Kier alpha value is -1.52. The molecular weight excluding hydrogens is 306 g/mol. The molecule has 1 fully saturated rings. The standard InChI is InChI=1S/C19H31NO4/c1-5-8-15(20-23-7-3)16-17(21)14(6-2)19(24-18(16)22)11-9-13(4)10-12-19/h13-14,21H,5-12H2,1-4H3/b20-15+. The molecular formula is C19H31NO4. The summed E-state index contributed by atoms with van der Waals surface area (Å²) < 4.78 is 5.96. The van der Waals surface area contributed by atoms with Gasteiger partial charge in [-0.15, -0.1) is 0 Å². The summed E-state index contributed by atoms with van der Waals surface area (Å²) in [4.78, 5) is 17.9. The molecule has 136 valence electrons. The molecule has 0 saturated heterocycles. The molecule has 2 rings (SSSR count). The van der Waals surface area contributed by atoms with Crippen LogP contribution in [0.1, 0.15) is 72.6 Å². The number of nitrogens with zero attached hydrogens (tertiary/aromatic N) is 1. The zero-order chi connectivity index (χ0) is 17.7. The third-order valence-corrected chi connectivity index (χ3v) is 5.33. The molecule has 1 saturated carbocycles. The maximum absolute atomic E-state index is 12.7. The Balaban J connectivity index is 2.40. The average molecular weight is 337 g/mol. The van der Waals surface area contributed by atoms with Crippen molar-refractivity contribution in [3.8, 4) is 0 Å². The first kappa shape index (κ1) is 18.8. The fourth-order valence-electron chi connectivity index (χ4n) is 3.96. The Morgan fingerprint density at radius 3 is 2.54 bits per heavy atom. The normalized spacial score (nSPS) is 31.3. The van der Waals surface area contributed by atoms with Gasteiger partial charge in [0, 0.05) is 0 Å². The van der Waals surface area contributed by atoms with E-state index >= 15 is 0 Å². The number of ether oxygens (including phenoxy) is 1. The zero-order valence-corrected chi connectivity index (χ0v) is 15.4. The Bertz CT molecular complexity index is 515. The van der Waals surface area contributed by atoms with Gasteiger partial charge in [-0.25, -0.2) is 4.79 Å². The van der Waals surface area contributed by atoms with E-state index in [-0.39, 0.29) is 17.3 Å². The van der Waals surface area contributed by atoms with Gasteiger partial charge >= 0.3 is 5.97 Å². The fraction of sp³-hybridized carbons (Fsp3) is 0.789. The Kier molecular flexibility index (Phi) is 6.30. The predicted octanol–water partition coefficient (Wildman–Crippen LogP) is 4.52. The molecule has 1 unspecified atom stereocenters. The largest absolute Gasteiger partial charge is 0.511 e. The van der Waals surface area contributed by atoms with E-state index in [0.29, 0.717) is 24.7 Å². The number of rotatable bonds is 6. The van der Waals surface area contributed by atoms with E-state index in [1.807, 2.05) is 20.8 Å². The monoisotopic (exact) mass is 337 g/mol. The van der Waals surface area contributed by atoms with Crippen LogP contribution in [0.2, 0.25) is 0 Å². The second kappa shape index (κ2) is 8.04. The number of hydrogen-bond acceptors (Lipinski definition) is 5. The van der Waals surface area contributed by atoms with Crippen LogP contribution in [0.5, 0.6) is 0 Å². The number of aliphatic hydroxyl groups is 1. The molecule has 1 atom stereocenters. The van der Waals surface area contributed by atoms with Crippen LogP contribution in [0.4, 0.5) is 0 Å². The molecule has 2 aliphatic rings. The molecule has 0 aromatic carbocycles. The van der Waals surface area contributed by atoms with Crippen molar-refractivity contribution in [1.29, 1.82) is 0 Å². The highest BCUT2D eigenvalue weighted by atomic mass is 16.6. The van der Waals surface area contributed by atoms with Gasteiger partial charge in [-0.1, -0.05) is 32.3 Å². The number of hydrogen-bond donors (Lipinski definition) is 1. The van der Waals surface area contributed by atoms with E-state index in [0.717, 1.165) is 38.5 Å². The van der Waals surface area contributed by atoms with E-state index in [9.17, 15) is 9.90 Å². The van der Waals surface area contributed by atoms with Gasteiger partial charge < -0.3 is 14.7 Å². The van der Waals surface area contributed by atoms with Crippen LogP contribution in [-0.2, 0) is 14.4 Å². The fourth-order valence-corrected chi connectivity index (χ4v) is 3.96. The number of aliphatic hydroxyl groups excluding tert-OH is 1. The molecule has 5 nitrogen and oxygen atoms in total. The molecule has 0 aromatic rings. The Labute approximate surface area is 145 Å². The van der Waals surface area contributed by atoms with Crippen LogP contribution in [0, 0.1) is 11.8 Å². The van der Waals surface area contributed by atoms with Gasteiger partial charge in [0.2, 0.25) is 0 Å². The molecule has 1 heterocycles. The van der Waals surface area contributed by atoms with Crippen LogP contribution in [0.15, 0.2) is 16.5 Å². The van der Waals surface area contributed by atoms with Crippen molar-refractivity contribution < 1.29 is 19.5 Å². The van der Waals surface area contributed by atoms with E-state index in [1.54, 1.807) is 0 Å². The van der Waals surface area contributed by atoms with Gasteiger partial charge in [-0.05, 0) is 51.4 Å². The summed E-state index contributed by atoms with van der Waals surface area (Å²) >= 11 is 0. The Morgan fingerprint density at radius 1 is 1.33 bits per heavy atom. The topological polar surface area (TPSA) is 68.1 Å². The number of esters is 1. The van der Waals surface area contributed by atoms with Crippen molar-refractivity contribution in [3.05, 3.63) is 11.3 Å². The van der Waals surface area contributed by atoms with Crippen molar-refractivity contribution in [1.82, 2.24) is 0 Å². The smallest absolute Gasteiger partial charge is 0.344 e. The zero-order valence-electron chi connectivity index (χ0n) is 15.4. The third kappa shape index (κ3) is 3.60. The van der Waals surface area contributed by atoms with Gasteiger partial charge in [0.25, 0.3) is 0 Å². The summed E-state index contributed by atoms with van der Waals surface area (Å²) in [5.41, 5.74) is 0.176. The maximum atomic E-state index is 12.7. The lowest BCUT2D eigenvalue weighted by Gasteiger charge is -2.46. The summed E-state index contributed by atoms with van der Waals surface area (Å²) in [7, 11) is 0. The minimum absolute atomic E-state index is 0.148. The summed E-state index contributed by atoms with van der Waals surface area (Å²) in [6, 6.07) is 0. The van der Waals surface area contributed by atoms with Gasteiger partial charge in [-0.3, -0.25) is 0 Å². The highest BCUT2D eigenvalue weighted by molar-refractivity contribution is 6.20. The summed E-state index contributed by atoms with van der Waals surface area (Å²) in [6.45, 7) is 8.54. The minimum atomic E-state index is -0.547. The number of oxime groups is 1. The predicted molar refractivity (Wildman–Crippen MR) is 93.9 cm³/mol. The molecule has 24 heavy (non-hydrogen) atoms. The molecule has 1 aliphatic carbocycles. The Morgan fingerprint density at radius 2 is 2.00 bits per heavy atom. The number of carbonyl (C=O) groups is 1. The molecule has 0 bridgehead atoms. The van der Waals surface area contributed by atoms with Crippen molar-refractivity contribution in [3.63, 3.8) is 0 Å². The molecule has 1 spiro atoms. The van der Waals surface area contributed by atoms with E-state index < -0.39 is 11.6 Å². The lowest BCUT2D eigenvalue weighted by Crippen LogP contribution is -2.50. The summed E-state index contributed by atoms with van der Waals surface area (Å²) in [6.07, 6.45) is 5.83. The van der Waals surface area contributed by atoms with E-state index in [2.05, 4.69) is 12.1 Å². The minimum Gasteiger partial charge on any atom is -0.511 e. The van der Waals surface area contributed by atoms with Gasteiger partial charge in [-0.2, -0.15) is 0 Å². The van der Waals surface area contributed by atoms with Crippen molar-refractivity contribution in [2.24, 2.45) is 17.0 Å². The molecule has 1 aliphatic heterocycles. The van der Waals surface area contributed by atoms with Crippen LogP contribution in [-0.4, -0.2) is 29.0 Å². The maximum Gasteiger partial charge on any atom is 0.344 e. The van der Waals surface area contributed by atoms with Gasteiger partial charge in [0.15, 0.2) is 0 Å². The lowest BCUT2D eigenvalue weighted by atomic mass is 9.69. The van der Waals surface area contributed by atoms with E-state index in [4.69, 9.17) is 9.57 Å². The van der Waals surface area contributed by atoms with Crippen molar-refractivity contribution in [2.75, 3.05) is 6.61 Å². The van der Waals surface area contributed by atoms with Gasteiger partial charge in [0.1, 0.15) is 23.5 Å². The van der Waals surface area contributed by atoms with Crippen LogP contribution in [0.25, 0.3) is 0 Å². The molecule has 1 N–H and O–H groups in total. The van der Waals surface area contributed by atoms with Gasteiger partial charge in [0.05, 0.1) is 11.6 Å². The second-order valence-corrected chi connectivity index (χ2v) is 7.06. The first-order chi connectivity index (χ1) is 11.5. The molecule has 0 amide bonds. The van der Waals surface area contributed by atoms with E-state index in [1.165, 1.54) is 0 Å². The SMILES string of the molecule is CCC/C(=N\OCC)C1=C(O)C(CC)C2(CCC(C)CC2)OC1=O. The molecule has 0 aromatic heterocycles. The highest BCUT2D eigenvalue weighted by Gasteiger charge is 2.51. The second-order valence-electron chi connectivity index (χ2n) is 7.06. The van der Waals surface area contributed by atoms with Crippen LogP contribution >= 0.6 is 0 Å². The molecule has 5 heteroatoms. The summed E-state index contributed by atoms with van der Waals surface area (Å²) in [5, 5.41) is 15.0. The number of carbonyl (C=O) groups excluding carboxylic acids is 1. The first-order valence-electron chi connectivity index (χ1n) is 9.34. The van der Waals surface area contributed by atoms with Crippen LogP contribution in [0.3, 0.4) is 0 Å².